The second-order valence-corrected chi connectivity index (χ2v) is 2.75. The third-order valence-electron chi connectivity index (χ3n) is 1.56. The van der Waals surface area contributed by atoms with Crippen molar-refractivity contribution < 1.29 is 0 Å². The Balaban J connectivity index is 2.77. The number of nitrogens with zero attached hydrogens (tertiary/aromatic N) is 2. The fourth-order valence-corrected chi connectivity index (χ4v) is 1.20. The number of rotatable bonds is 0. The van der Waals surface area contributed by atoms with Gasteiger partial charge in [0.15, 0.2) is 0 Å². The number of fused-ring (bicyclic) bond motifs is 1. The number of hydrogen-bond donors (Lipinski definition) is 1. The molecule has 2 heterocycles. The first-order valence-corrected chi connectivity index (χ1v) is 3.73. The lowest BCUT2D eigenvalue weighted by Gasteiger charge is -1.87. The average molecular weight is 178 g/mol. The number of halogens is 1. The van der Waals surface area contributed by atoms with Crippen molar-refractivity contribution in [3.8, 4) is 6.07 Å². The van der Waals surface area contributed by atoms with Crippen LogP contribution in [-0.2, 0) is 0 Å². The summed E-state index contributed by atoms with van der Waals surface area (Å²) in [7, 11) is 0. The molecule has 0 amide bonds. The minimum atomic E-state index is 0.436. The summed E-state index contributed by atoms with van der Waals surface area (Å²) in [5.74, 6) is 0. The van der Waals surface area contributed by atoms with Crippen molar-refractivity contribution in [1.82, 2.24) is 9.97 Å². The van der Waals surface area contributed by atoms with E-state index in [9.17, 15) is 0 Å². The lowest BCUT2D eigenvalue weighted by atomic mass is 10.4. The Hall–Kier alpha value is -1.53. The van der Waals surface area contributed by atoms with E-state index in [-0.39, 0.29) is 0 Å². The average Bonchev–Trinajstić information content (AvgIpc) is 2.46. The topological polar surface area (TPSA) is 52.5 Å². The van der Waals surface area contributed by atoms with Gasteiger partial charge in [0, 0.05) is 6.07 Å². The first-order valence-electron chi connectivity index (χ1n) is 3.35. The van der Waals surface area contributed by atoms with E-state index in [1.807, 2.05) is 6.07 Å². The number of pyridine rings is 1. The van der Waals surface area contributed by atoms with E-state index in [0.717, 1.165) is 11.0 Å². The van der Waals surface area contributed by atoms with Crippen LogP contribution in [0.15, 0.2) is 18.2 Å². The molecule has 0 bridgehead atoms. The van der Waals surface area contributed by atoms with E-state index in [1.54, 1.807) is 18.2 Å². The fourth-order valence-electron chi connectivity index (χ4n) is 1.04. The molecular weight excluding hydrogens is 174 g/mol. The molecule has 0 aliphatic rings. The van der Waals surface area contributed by atoms with Gasteiger partial charge in [-0.15, -0.1) is 0 Å². The zero-order chi connectivity index (χ0) is 8.55. The van der Waals surface area contributed by atoms with Crippen molar-refractivity contribution in [3.63, 3.8) is 0 Å². The Kier molecular flexibility index (Phi) is 1.49. The maximum atomic E-state index is 8.57. The van der Waals surface area contributed by atoms with Crippen LogP contribution < -0.4 is 0 Å². The molecule has 2 aromatic heterocycles. The maximum Gasteiger partial charge on any atom is 0.129 e. The summed E-state index contributed by atoms with van der Waals surface area (Å²) in [6.07, 6.45) is 0. The van der Waals surface area contributed by atoms with Crippen molar-refractivity contribution in [2.24, 2.45) is 0 Å². The van der Waals surface area contributed by atoms with Crippen LogP contribution in [0.2, 0.25) is 5.15 Å². The van der Waals surface area contributed by atoms with Gasteiger partial charge in [0.1, 0.15) is 16.9 Å². The number of H-pyrrole nitrogens is 1. The van der Waals surface area contributed by atoms with Crippen LogP contribution in [0.4, 0.5) is 0 Å². The Bertz CT molecular complexity index is 467. The molecule has 0 atom stereocenters. The highest BCUT2D eigenvalue weighted by Gasteiger charge is 2.00. The highest BCUT2D eigenvalue weighted by Crippen LogP contribution is 2.15. The third kappa shape index (κ3) is 1.03. The van der Waals surface area contributed by atoms with Gasteiger partial charge in [-0.2, -0.15) is 5.26 Å². The third-order valence-corrected chi connectivity index (χ3v) is 1.77. The molecular formula is C8H4ClN3. The minimum Gasteiger partial charge on any atom is -0.345 e. The van der Waals surface area contributed by atoms with Crippen LogP contribution in [0.5, 0.6) is 0 Å². The number of hydrogen-bond acceptors (Lipinski definition) is 2. The summed E-state index contributed by atoms with van der Waals surface area (Å²) < 4.78 is 0. The zero-order valence-electron chi connectivity index (χ0n) is 6.00. The molecule has 4 heteroatoms. The first kappa shape index (κ1) is 7.14. The lowest BCUT2D eigenvalue weighted by Crippen LogP contribution is -1.73. The SMILES string of the molecule is N#Cc1cc2nc(Cl)ccc2[nH]1. The summed E-state index contributed by atoms with van der Waals surface area (Å²) >= 11 is 5.66. The molecule has 2 rings (SSSR count). The highest BCUT2D eigenvalue weighted by atomic mass is 35.5. The Morgan fingerprint density at radius 1 is 1.50 bits per heavy atom. The van der Waals surface area contributed by atoms with Gasteiger partial charge in [0.05, 0.1) is 11.0 Å². The molecule has 0 unspecified atom stereocenters. The van der Waals surface area contributed by atoms with Crippen molar-refractivity contribution in [2.45, 2.75) is 0 Å². The van der Waals surface area contributed by atoms with Gasteiger partial charge in [0.25, 0.3) is 0 Å². The van der Waals surface area contributed by atoms with E-state index in [1.165, 1.54) is 0 Å². The molecule has 0 aliphatic carbocycles. The molecule has 0 spiro atoms. The Morgan fingerprint density at radius 3 is 3.08 bits per heavy atom. The number of nitrogens with one attached hydrogen (secondary N) is 1. The fraction of sp³-hybridized carbons (Fsp3) is 0. The second-order valence-electron chi connectivity index (χ2n) is 2.36. The molecule has 2 aromatic rings. The molecule has 0 aromatic carbocycles. The number of aromatic amines is 1. The number of nitriles is 1. The Labute approximate surface area is 73.6 Å². The van der Waals surface area contributed by atoms with Gasteiger partial charge in [-0.05, 0) is 12.1 Å². The van der Waals surface area contributed by atoms with E-state index in [2.05, 4.69) is 9.97 Å². The van der Waals surface area contributed by atoms with E-state index >= 15 is 0 Å². The van der Waals surface area contributed by atoms with Gasteiger partial charge in [-0.3, -0.25) is 0 Å². The summed E-state index contributed by atoms with van der Waals surface area (Å²) in [6, 6.07) is 7.14. The zero-order valence-corrected chi connectivity index (χ0v) is 6.76. The molecule has 58 valence electrons. The van der Waals surface area contributed by atoms with Crippen LogP contribution >= 0.6 is 11.6 Å². The second kappa shape index (κ2) is 2.50. The van der Waals surface area contributed by atoms with Crippen molar-refractivity contribution in [3.05, 3.63) is 29.0 Å². The van der Waals surface area contributed by atoms with E-state index < -0.39 is 0 Å². The highest BCUT2D eigenvalue weighted by molar-refractivity contribution is 6.29. The maximum absolute atomic E-state index is 8.57. The molecule has 1 N–H and O–H groups in total. The van der Waals surface area contributed by atoms with E-state index in [0.29, 0.717) is 10.8 Å². The van der Waals surface area contributed by atoms with Crippen LogP contribution in [-0.4, -0.2) is 9.97 Å². The monoisotopic (exact) mass is 177 g/mol. The van der Waals surface area contributed by atoms with E-state index in [4.69, 9.17) is 16.9 Å². The standard InChI is InChI=1S/C8H4ClN3/c9-8-2-1-6-7(12-8)3-5(4-10)11-6/h1-3,11H. The van der Waals surface area contributed by atoms with Crippen LogP contribution in [0.3, 0.4) is 0 Å². The molecule has 12 heavy (non-hydrogen) atoms. The van der Waals surface area contributed by atoms with Crippen molar-refractivity contribution >= 4 is 22.6 Å². The van der Waals surface area contributed by atoms with Gasteiger partial charge in [-0.25, -0.2) is 4.98 Å². The number of aromatic nitrogens is 2. The predicted molar refractivity (Wildman–Crippen MR) is 45.8 cm³/mol. The van der Waals surface area contributed by atoms with Crippen LogP contribution in [0, 0.1) is 11.3 Å². The largest absolute Gasteiger partial charge is 0.345 e. The summed E-state index contributed by atoms with van der Waals surface area (Å²) in [4.78, 5) is 6.92. The minimum absolute atomic E-state index is 0.436. The first-order chi connectivity index (χ1) is 5.79. The predicted octanol–water partition coefficient (Wildman–Crippen LogP) is 2.09. The molecule has 0 saturated heterocycles. The summed E-state index contributed by atoms with van der Waals surface area (Å²) in [5, 5.41) is 9.00. The van der Waals surface area contributed by atoms with Gasteiger partial charge < -0.3 is 4.98 Å². The molecule has 3 nitrogen and oxygen atoms in total. The summed E-state index contributed by atoms with van der Waals surface area (Å²) in [5.41, 5.74) is 2.05. The van der Waals surface area contributed by atoms with Crippen molar-refractivity contribution in [1.29, 1.82) is 5.26 Å². The van der Waals surface area contributed by atoms with Crippen molar-refractivity contribution in [2.75, 3.05) is 0 Å². The van der Waals surface area contributed by atoms with Gasteiger partial charge in [0.2, 0.25) is 0 Å². The molecule has 0 fully saturated rings. The summed E-state index contributed by atoms with van der Waals surface area (Å²) in [6.45, 7) is 0. The van der Waals surface area contributed by atoms with Crippen LogP contribution in [0.25, 0.3) is 11.0 Å². The smallest absolute Gasteiger partial charge is 0.129 e. The van der Waals surface area contributed by atoms with Crippen LogP contribution in [0.1, 0.15) is 5.69 Å². The van der Waals surface area contributed by atoms with Gasteiger partial charge >= 0.3 is 0 Å². The Morgan fingerprint density at radius 2 is 2.33 bits per heavy atom. The normalized spacial score (nSPS) is 10.0. The molecule has 0 saturated carbocycles. The quantitative estimate of drug-likeness (QED) is 0.627. The lowest BCUT2D eigenvalue weighted by molar-refractivity contribution is 1.36. The molecule has 0 radical (unpaired) electrons. The van der Waals surface area contributed by atoms with Gasteiger partial charge in [-0.1, -0.05) is 11.6 Å². The molecule has 0 aliphatic heterocycles.